The Morgan fingerprint density at radius 3 is 2.39 bits per heavy atom. The van der Waals surface area contributed by atoms with E-state index in [4.69, 9.17) is 21.1 Å². The molecular formula is C24H26ClFN2O7S. The number of nitrogens with one attached hydrogen (secondary N) is 1. The maximum atomic E-state index is 13.7. The number of ether oxygens (including phenoxy) is 2. The van der Waals surface area contributed by atoms with Gasteiger partial charge in [0.25, 0.3) is 11.8 Å². The predicted molar refractivity (Wildman–Crippen MR) is 133 cm³/mol. The number of carbonyl (C=O) groups excluding carboxylic acids is 3. The van der Waals surface area contributed by atoms with Crippen LogP contribution in [0.3, 0.4) is 0 Å². The van der Waals surface area contributed by atoms with E-state index in [-0.39, 0.29) is 40.4 Å². The summed E-state index contributed by atoms with van der Waals surface area (Å²) in [5, 5.41) is 2.40. The number of aryl methyl sites for hydroxylation is 1. The van der Waals surface area contributed by atoms with Crippen LogP contribution in [0.1, 0.15) is 51.7 Å². The first-order chi connectivity index (χ1) is 16.9. The number of imide groups is 1. The van der Waals surface area contributed by atoms with Crippen LogP contribution in [0.5, 0.6) is 11.5 Å². The van der Waals surface area contributed by atoms with E-state index in [0.29, 0.717) is 17.1 Å². The molecule has 194 valence electrons. The van der Waals surface area contributed by atoms with Crippen LogP contribution in [0, 0.1) is 0 Å². The number of alkyl halides is 1. The zero-order chi connectivity index (χ0) is 26.8. The monoisotopic (exact) mass is 540 g/mol. The minimum absolute atomic E-state index is 0.0248. The van der Waals surface area contributed by atoms with Crippen LogP contribution in [0.15, 0.2) is 24.3 Å². The van der Waals surface area contributed by atoms with E-state index >= 15 is 0 Å². The quantitative estimate of drug-likeness (QED) is 0.457. The molecular weight excluding hydrogens is 515 g/mol. The van der Waals surface area contributed by atoms with Gasteiger partial charge in [-0.25, -0.2) is 8.42 Å². The number of carbonyl (C=O) groups is 3. The molecule has 9 nitrogen and oxygen atoms in total. The van der Waals surface area contributed by atoms with Gasteiger partial charge in [0.05, 0.1) is 54.0 Å². The molecule has 12 heteroatoms. The highest BCUT2D eigenvalue weighted by Crippen LogP contribution is 2.42. The molecule has 36 heavy (non-hydrogen) atoms. The lowest BCUT2D eigenvalue weighted by molar-refractivity contribution is -0.114. The summed E-state index contributed by atoms with van der Waals surface area (Å²) in [7, 11) is -2.27. The summed E-state index contributed by atoms with van der Waals surface area (Å²) >= 11 is 6.34. The average molecular weight is 541 g/mol. The number of methoxy groups -OCH3 is 1. The Bertz CT molecular complexity index is 1330. The molecule has 0 aromatic heterocycles. The smallest absolute Gasteiger partial charge is 0.264 e. The van der Waals surface area contributed by atoms with Crippen molar-refractivity contribution in [2.75, 3.05) is 37.7 Å². The van der Waals surface area contributed by atoms with Crippen molar-refractivity contribution in [2.45, 2.75) is 26.3 Å². The lowest BCUT2D eigenvalue weighted by Gasteiger charge is -2.27. The molecule has 0 saturated heterocycles. The molecule has 0 aliphatic carbocycles. The highest BCUT2D eigenvalue weighted by atomic mass is 35.5. The molecule has 2 aromatic rings. The second-order valence-electron chi connectivity index (χ2n) is 8.19. The fourth-order valence-electron chi connectivity index (χ4n) is 4.13. The molecule has 3 amide bonds. The van der Waals surface area contributed by atoms with Crippen LogP contribution >= 0.6 is 11.6 Å². The number of anilines is 1. The number of nitrogens with zero attached hydrogens (tertiary/aromatic N) is 1. The van der Waals surface area contributed by atoms with Gasteiger partial charge < -0.3 is 14.8 Å². The highest BCUT2D eigenvalue weighted by Gasteiger charge is 2.45. The molecule has 2 aromatic carbocycles. The molecule has 3 rings (SSSR count). The van der Waals surface area contributed by atoms with Gasteiger partial charge in [-0.1, -0.05) is 17.7 Å². The van der Waals surface area contributed by atoms with Crippen LogP contribution in [0.25, 0.3) is 0 Å². The van der Waals surface area contributed by atoms with Gasteiger partial charge >= 0.3 is 0 Å². The zero-order valence-electron chi connectivity index (χ0n) is 20.2. The Kier molecular flexibility index (Phi) is 8.25. The van der Waals surface area contributed by atoms with E-state index < -0.39 is 46.0 Å². The molecule has 1 atom stereocenters. The molecule has 0 radical (unpaired) electrons. The molecule has 0 fully saturated rings. The number of halogens is 2. The van der Waals surface area contributed by atoms with E-state index in [1.807, 2.05) is 0 Å². The third kappa shape index (κ3) is 5.46. The van der Waals surface area contributed by atoms with E-state index in [9.17, 15) is 27.2 Å². The van der Waals surface area contributed by atoms with Gasteiger partial charge in [0.1, 0.15) is 9.84 Å². The number of fused-ring (bicyclic) bond motifs is 1. The minimum atomic E-state index is -3.71. The Morgan fingerprint density at radius 2 is 1.83 bits per heavy atom. The summed E-state index contributed by atoms with van der Waals surface area (Å²) in [6, 6.07) is 4.66. The number of rotatable bonds is 10. The van der Waals surface area contributed by atoms with Crippen LogP contribution in [0.2, 0.25) is 5.02 Å². The maximum absolute atomic E-state index is 13.7. The van der Waals surface area contributed by atoms with Crippen molar-refractivity contribution in [3.8, 4) is 11.5 Å². The highest BCUT2D eigenvalue weighted by molar-refractivity contribution is 7.90. The van der Waals surface area contributed by atoms with E-state index in [1.165, 1.54) is 32.2 Å². The number of sulfone groups is 1. The van der Waals surface area contributed by atoms with Crippen molar-refractivity contribution in [1.29, 1.82) is 0 Å². The molecule has 1 aliphatic rings. The molecule has 1 aliphatic heterocycles. The Morgan fingerprint density at radius 1 is 1.17 bits per heavy atom. The zero-order valence-corrected chi connectivity index (χ0v) is 21.8. The second-order valence-corrected chi connectivity index (χ2v) is 10.8. The third-order valence-electron chi connectivity index (χ3n) is 5.54. The van der Waals surface area contributed by atoms with Crippen LogP contribution < -0.4 is 14.8 Å². The predicted octanol–water partition coefficient (Wildman–Crippen LogP) is 3.60. The first-order valence-corrected chi connectivity index (χ1v) is 13.4. The van der Waals surface area contributed by atoms with Crippen molar-refractivity contribution in [3.05, 3.63) is 51.5 Å². The fourth-order valence-corrected chi connectivity index (χ4v) is 5.36. The van der Waals surface area contributed by atoms with Crippen LogP contribution in [-0.4, -0.2) is 63.4 Å². The Labute approximate surface area is 213 Å². The molecule has 0 bridgehead atoms. The summed E-state index contributed by atoms with van der Waals surface area (Å²) in [6.07, 6.45) is 0.827. The van der Waals surface area contributed by atoms with Gasteiger partial charge in [-0.3, -0.25) is 23.7 Å². The SMILES string of the molecule is CCOc1cc([C@@H](CS(C)(=O)=O)N2C(=O)c3c(Cl)cc(CCF)c(NC(C)=O)c3C2=O)ccc1OC. The molecule has 0 saturated carbocycles. The normalized spacial score (nSPS) is 14.0. The summed E-state index contributed by atoms with van der Waals surface area (Å²) in [4.78, 5) is 39.9. The number of hydrogen-bond acceptors (Lipinski definition) is 7. The van der Waals surface area contributed by atoms with Crippen LogP contribution in [-0.2, 0) is 21.1 Å². The number of benzene rings is 2. The molecule has 0 unspecified atom stereocenters. The van der Waals surface area contributed by atoms with E-state index in [0.717, 1.165) is 11.2 Å². The first kappa shape index (κ1) is 27.4. The van der Waals surface area contributed by atoms with Gasteiger partial charge in [-0.15, -0.1) is 0 Å². The van der Waals surface area contributed by atoms with Crippen molar-refractivity contribution in [2.24, 2.45) is 0 Å². The molecule has 1 heterocycles. The molecule has 1 N–H and O–H groups in total. The van der Waals surface area contributed by atoms with Crippen molar-refractivity contribution in [3.63, 3.8) is 0 Å². The lowest BCUT2D eigenvalue weighted by atomic mass is 10.00. The number of amides is 3. The fraction of sp³-hybridized carbons (Fsp3) is 0.375. The van der Waals surface area contributed by atoms with Crippen molar-refractivity contribution in [1.82, 2.24) is 4.90 Å². The van der Waals surface area contributed by atoms with E-state index in [2.05, 4.69) is 5.32 Å². The Balaban J connectivity index is 2.23. The first-order valence-electron chi connectivity index (χ1n) is 11.0. The van der Waals surface area contributed by atoms with Gasteiger partial charge in [0.2, 0.25) is 5.91 Å². The van der Waals surface area contributed by atoms with Crippen molar-refractivity contribution < 1.29 is 36.7 Å². The summed E-state index contributed by atoms with van der Waals surface area (Å²) in [5.74, 6) is -2.13. The topological polar surface area (TPSA) is 119 Å². The van der Waals surface area contributed by atoms with E-state index in [1.54, 1.807) is 13.0 Å². The summed E-state index contributed by atoms with van der Waals surface area (Å²) < 4.78 is 48.8. The van der Waals surface area contributed by atoms with Gasteiger partial charge in [0.15, 0.2) is 11.5 Å². The van der Waals surface area contributed by atoms with Crippen LogP contribution in [0.4, 0.5) is 10.1 Å². The minimum Gasteiger partial charge on any atom is -0.493 e. The third-order valence-corrected chi connectivity index (χ3v) is 6.76. The lowest BCUT2D eigenvalue weighted by Crippen LogP contribution is -2.38. The van der Waals surface area contributed by atoms with Gasteiger partial charge in [0, 0.05) is 19.6 Å². The average Bonchev–Trinajstić information content (AvgIpc) is 3.05. The van der Waals surface area contributed by atoms with Gasteiger partial charge in [-0.2, -0.15) is 0 Å². The summed E-state index contributed by atoms with van der Waals surface area (Å²) in [6.45, 7) is 2.45. The molecule has 0 spiro atoms. The second kappa shape index (κ2) is 10.8. The maximum Gasteiger partial charge on any atom is 0.264 e. The Hall–Kier alpha value is -3.18. The van der Waals surface area contributed by atoms with Crippen molar-refractivity contribution >= 4 is 44.8 Å². The standard InChI is InChI=1S/C24H26ClFN2O7S/c1-5-35-19-11-14(6-7-18(19)34-3)17(12-36(4,32)33)28-23(30)20-16(25)10-15(8-9-26)22(27-13(2)29)21(20)24(28)31/h6-7,10-11,17H,5,8-9,12H2,1-4H3,(H,27,29)/t17-/m1/s1. The summed E-state index contributed by atoms with van der Waals surface area (Å²) in [5.41, 5.74) is 0.124. The number of hydrogen-bond donors (Lipinski definition) is 1. The van der Waals surface area contributed by atoms with Gasteiger partial charge in [-0.05, 0) is 36.2 Å². The largest absolute Gasteiger partial charge is 0.493 e.